The maximum atomic E-state index is 5.81. The molecule has 1 aliphatic rings. The lowest BCUT2D eigenvalue weighted by atomic mass is 10.1. The molecule has 2 rings (SSSR count). The number of piperidine rings is 1. The highest BCUT2D eigenvalue weighted by Crippen LogP contribution is 2.20. The Kier molecular flexibility index (Phi) is 3.97. The van der Waals surface area contributed by atoms with Gasteiger partial charge in [-0.1, -0.05) is 6.07 Å². The zero-order valence-electron chi connectivity index (χ0n) is 10.6. The molecule has 1 atom stereocenters. The van der Waals surface area contributed by atoms with E-state index in [1.54, 1.807) is 7.11 Å². The summed E-state index contributed by atoms with van der Waals surface area (Å²) in [6.45, 7) is 4.01. The molecule has 0 amide bonds. The first-order chi connectivity index (χ1) is 8.20. The average Bonchev–Trinajstić information content (AvgIpc) is 2.39. The maximum absolute atomic E-state index is 5.81. The molecule has 0 spiro atoms. The Morgan fingerprint density at radius 3 is 2.59 bits per heavy atom. The number of nitrogens with two attached hydrogens (primary N) is 1. The Hall–Kier alpha value is -1.13. The molecule has 0 saturated carbocycles. The number of rotatable bonds is 3. The first-order valence-corrected chi connectivity index (χ1v) is 6.20. The summed E-state index contributed by atoms with van der Waals surface area (Å²) in [5.74, 6) is 1.05. The van der Waals surface area contributed by atoms with E-state index in [2.05, 4.69) is 22.0 Å². The number of anilines is 1. The average molecular weight is 235 g/mol. The fraction of sp³-hybridized carbons (Fsp3) is 0.615. The summed E-state index contributed by atoms with van der Waals surface area (Å²) >= 11 is 0. The van der Waals surface area contributed by atoms with Crippen LogP contribution in [0.15, 0.2) is 18.3 Å². The van der Waals surface area contributed by atoms with Crippen LogP contribution < -0.4 is 10.6 Å². The second kappa shape index (κ2) is 5.47. The lowest BCUT2D eigenvalue weighted by Gasteiger charge is -2.32. The number of aromatic nitrogens is 1. The van der Waals surface area contributed by atoms with E-state index in [1.165, 1.54) is 0 Å². The summed E-state index contributed by atoms with van der Waals surface area (Å²) in [7, 11) is 1.79. The van der Waals surface area contributed by atoms with Crippen LogP contribution >= 0.6 is 0 Å². The Morgan fingerprint density at radius 2 is 2.12 bits per heavy atom. The number of methoxy groups -OCH3 is 1. The van der Waals surface area contributed by atoms with Gasteiger partial charge in [0, 0.05) is 32.4 Å². The van der Waals surface area contributed by atoms with Gasteiger partial charge in [0.25, 0.3) is 0 Å². The molecule has 1 fully saturated rings. The highest BCUT2D eigenvalue weighted by atomic mass is 16.5. The zero-order chi connectivity index (χ0) is 12.3. The van der Waals surface area contributed by atoms with Crippen LogP contribution in [0.1, 0.15) is 31.4 Å². The molecule has 2 heterocycles. The minimum atomic E-state index is 0.0516. The SMILES string of the molecule is COC1CCN(c2ccc([C@@H](C)N)cn2)CC1. The van der Waals surface area contributed by atoms with Crippen LogP contribution in [0.25, 0.3) is 0 Å². The lowest BCUT2D eigenvalue weighted by molar-refractivity contribution is 0.0818. The molecule has 1 saturated heterocycles. The van der Waals surface area contributed by atoms with Crippen molar-refractivity contribution in [3.8, 4) is 0 Å². The van der Waals surface area contributed by atoms with E-state index in [-0.39, 0.29) is 6.04 Å². The van der Waals surface area contributed by atoms with Crippen LogP contribution in [0, 0.1) is 0 Å². The second-order valence-electron chi connectivity index (χ2n) is 4.66. The predicted molar refractivity (Wildman–Crippen MR) is 69.1 cm³/mol. The molecule has 0 unspecified atom stereocenters. The van der Waals surface area contributed by atoms with Gasteiger partial charge in [-0.05, 0) is 31.4 Å². The fourth-order valence-electron chi connectivity index (χ4n) is 2.17. The Balaban J connectivity index is 1.99. The molecule has 0 bridgehead atoms. The summed E-state index contributed by atoms with van der Waals surface area (Å²) in [5, 5.41) is 0. The van der Waals surface area contributed by atoms with E-state index in [0.717, 1.165) is 37.3 Å². The Bertz CT molecular complexity index is 342. The topological polar surface area (TPSA) is 51.4 Å². The van der Waals surface area contributed by atoms with Gasteiger partial charge >= 0.3 is 0 Å². The molecule has 0 aliphatic carbocycles. The third-order valence-corrected chi connectivity index (χ3v) is 3.40. The van der Waals surface area contributed by atoms with Gasteiger partial charge in [0.2, 0.25) is 0 Å². The number of nitrogens with zero attached hydrogens (tertiary/aromatic N) is 2. The smallest absolute Gasteiger partial charge is 0.128 e. The van der Waals surface area contributed by atoms with E-state index in [9.17, 15) is 0 Å². The monoisotopic (exact) mass is 235 g/mol. The van der Waals surface area contributed by atoms with Crippen molar-refractivity contribution in [2.75, 3.05) is 25.1 Å². The molecule has 0 aromatic carbocycles. The van der Waals surface area contributed by atoms with Crippen molar-refractivity contribution in [3.63, 3.8) is 0 Å². The highest BCUT2D eigenvalue weighted by molar-refractivity contribution is 5.40. The third-order valence-electron chi connectivity index (χ3n) is 3.40. The summed E-state index contributed by atoms with van der Waals surface area (Å²) in [5.41, 5.74) is 6.89. The van der Waals surface area contributed by atoms with Crippen molar-refractivity contribution >= 4 is 5.82 Å². The van der Waals surface area contributed by atoms with Crippen LogP contribution in [0.3, 0.4) is 0 Å². The molecule has 1 aromatic heterocycles. The van der Waals surface area contributed by atoms with Gasteiger partial charge in [0.05, 0.1) is 6.10 Å². The minimum Gasteiger partial charge on any atom is -0.381 e. The molecular formula is C13H21N3O. The molecular weight excluding hydrogens is 214 g/mol. The zero-order valence-corrected chi connectivity index (χ0v) is 10.6. The van der Waals surface area contributed by atoms with Gasteiger partial charge in [-0.2, -0.15) is 0 Å². The summed E-state index contributed by atoms with van der Waals surface area (Å²) in [4.78, 5) is 6.79. The van der Waals surface area contributed by atoms with Gasteiger partial charge in [0.15, 0.2) is 0 Å². The van der Waals surface area contributed by atoms with Crippen LogP contribution in [0.5, 0.6) is 0 Å². The summed E-state index contributed by atoms with van der Waals surface area (Å²) in [6.07, 6.45) is 4.44. The maximum Gasteiger partial charge on any atom is 0.128 e. The minimum absolute atomic E-state index is 0.0516. The molecule has 94 valence electrons. The van der Waals surface area contributed by atoms with Crippen molar-refractivity contribution in [3.05, 3.63) is 23.9 Å². The largest absolute Gasteiger partial charge is 0.381 e. The second-order valence-corrected chi connectivity index (χ2v) is 4.66. The molecule has 2 N–H and O–H groups in total. The van der Waals surface area contributed by atoms with E-state index in [0.29, 0.717) is 6.10 Å². The molecule has 1 aliphatic heterocycles. The number of pyridine rings is 1. The Morgan fingerprint density at radius 1 is 1.41 bits per heavy atom. The number of ether oxygens (including phenoxy) is 1. The third kappa shape index (κ3) is 2.96. The van der Waals surface area contributed by atoms with Gasteiger partial charge in [0.1, 0.15) is 5.82 Å². The normalized spacial score (nSPS) is 19.4. The first-order valence-electron chi connectivity index (χ1n) is 6.20. The highest BCUT2D eigenvalue weighted by Gasteiger charge is 2.19. The van der Waals surface area contributed by atoms with Gasteiger partial charge in [-0.15, -0.1) is 0 Å². The summed E-state index contributed by atoms with van der Waals surface area (Å²) < 4.78 is 5.36. The number of hydrogen-bond donors (Lipinski definition) is 1. The van der Waals surface area contributed by atoms with E-state index in [4.69, 9.17) is 10.5 Å². The first kappa shape index (κ1) is 12.3. The standard InChI is InChI=1S/C13H21N3O/c1-10(14)11-3-4-13(15-9-11)16-7-5-12(17-2)6-8-16/h3-4,9-10,12H,5-8,14H2,1-2H3/t10-/m1/s1. The van der Waals surface area contributed by atoms with Crippen molar-refractivity contribution in [1.29, 1.82) is 0 Å². The predicted octanol–water partition coefficient (Wildman–Crippen LogP) is 1.72. The molecule has 4 nitrogen and oxygen atoms in total. The van der Waals surface area contributed by atoms with E-state index in [1.807, 2.05) is 13.1 Å². The summed E-state index contributed by atoms with van der Waals surface area (Å²) in [6, 6.07) is 4.18. The molecule has 1 aromatic rings. The van der Waals surface area contributed by atoms with Gasteiger partial charge in [-0.25, -0.2) is 4.98 Å². The van der Waals surface area contributed by atoms with Gasteiger partial charge < -0.3 is 15.4 Å². The van der Waals surface area contributed by atoms with Crippen LogP contribution in [0.4, 0.5) is 5.82 Å². The van der Waals surface area contributed by atoms with Crippen molar-refractivity contribution in [2.24, 2.45) is 5.73 Å². The van der Waals surface area contributed by atoms with Crippen molar-refractivity contribution < 1.29 is 4.74 Å². The fourth-order valence-corrected chi connectivity index (χ4v) is 2.17. The molecule has 0 radical (unpaired) electrons. The lowest BCUT2D eigenvalue weighted by Crippen LogP contribution is -2.37. The van der Waals surface area contributed by atoms with E-state index < -0.39 is 0 Å². The number of hydrogen-bond acceptors (Lipinski definition) is 4. The van der Waals surface area contributed by atoms with Crippen LogP contribution in [0.2, 0.25) is 0 Å². The van der Waals surface area contributed by atoms with Crippen LogP contribution in [-0.2, 0) is 4.74 Å². The van der Waals surface area contributed by atoms with Crippen LogP contribution in [-0.4, -0.2) is 31.3 Å². The molecule has 4 heteroatoms. The van der Waals surface area contributed by atoms with Gasteiger partial charge in [-0.3, -0.25) is 0 Å². The molecule has 17 heavy (non-hydrogen) atoms. The quantitative estimate of drug-likeness (QED) is 0.866. The Labute approximate surface area is 103 Å². The van der Waals surface area contributed by atoms with Crippen molar-refractivity contribution in [2.45, 2.75) is 31.9 Å². The van der Waals surface area contributed by atoms with Crippen molar-refractivity contribution in [1.82, 2.24) is 4.98 Å². The van der Waals surface area contributed by atoms with E-state index >= 15 is 0 Å².